The van der Waals surface area contributed by atoms with E-state index in [0.29, 0.717) is 19.2 Å². The molecule has 3 aromatic rings. The van der Waals surface area contributed by atoms with Crippen molar-refractivity contribution in [1.29, 1.82) is 0 Å². The second-order valence-electron chi connectivity index (χ2n) is 8.44. The van der Waals surface area contributed by atoms with Gasteiger partial charge >= 0.3 is 0 Å². The molecule has 1 saturated heterocycles. The van der Waals surface area contributed by atoms with Crippen molar-refractivity contribution in [3.05, 3.63) is 68.7 Å². The molecule has 0 saturated carbocycles. The molecule has 4 rings (SSSR count). The standard InChI is InChI=1S/C24H28BrN5O2/c1-15-12-16(2)27-23(26-15)30-18(4)21(17(3)29-30)14-22(31)28-24(8-10-32-11-9-24)19-6-5-7-20(25)13-19/h5-7,12-13H,8-11,14H2,1-4H3,(H,28,31). The van der Waals surface area contributed by atoms with Gasteiger partial charge in [-0.15, -0.1) is 0 Å². The third kappa shape index (κ3) is 4.61. The highest BCUT2D eigenvalue weighted by molar-refractivity contribution is 9.10. The second-order valence-corrected chi connectivity index (χ2v) is 9.36. The highest BCUT2D eigenvalue weighted by Crippen LogP contribution is 2.33. The van der Waals surface area contributed by atoms with Gasteiger partial charge in [0, 0.05) is 40.3 Å². The van der Waals surface area contributed by atoms with Crippen LogP contribution in [0.4, 0.5) is 0 Å². The average molecular weight is 498 g/mol. The lowest BCUT2D eigenvalue weighted by atomic mass is 9.82. The lowest BCUT2D eigenvalue weighted by Crippen LogP contribution is -2.50. The predicted octanol–water partition coefficient (Wildman–Crippen LogP) is 4.02. The molecular weight excluding hydrogens is 470 g/mol. The number of aromatic nitrogens is 4. The number of hydrogen-bond donors (Lipinski definition) is 1. The Morgan fingerprint density at radius 3 is 2.47 bits per heavy atom. The molecule has 32 heavy (non-hydrogen) atoms. The Morgan fingerprint density at radius 2 is 1.81 bits per heavy atom. The molecule has 0 radical (unpaired) electrons. The van der Waals surface area contributed by atoms with Crippen molar-refractivity contribution >= 4 is 21.8 Å². The molecule has 1 fully saturated rings. The number of carbonyl (C=O) groups is 1. The highest BCUT2D eigenvalue weighted by Gasteiger charge is 2.36. The maximum Gasteiger partial charge on any atom is 0.251 e. The molecule has 2 aromatic heterocycles. The van der Waals surface area contributed by atoms with Crippen molar-refractivity contribution in [3.8, 4) is 5.95 Å². The van der Waals surface area contributed by atoms with Crippen molar-refractivity contribution in [2.75, 3.05) is 13.2 Å². The molecule has 1 aliphatic rings. The van der Waals surface area contributed by atoms with Crippen LogP contribution < -0.4 is 5.32 Å². The zero-order valence-corrected chi connectivity index (χ0v) is 20.5. The molecule has 1 aromatic carbocycles. The number of benzene rings is 1. The van der Waals surface area contributed by atoms with Crippen LogP contribution in [0.15, 0.2) is 34.8 Å². The average Bonchev–Trinajstić information content (AvgIpc) is 3.02. The number of halogens is 1. The molecule has 7 nitrogen and oxygen atoms in total. The molecule has 0 spiro atoms. The van der Waals surface area contributed by atoms with Gasteiger partial charge in [-0.2, -0.15) is 5.10 Å². The molecule has 0 aliphatic carbocycles. The van der Waals surface area contributed by atoms with Crippen LogP contribution in [0.2, 0.25) is 0 Å². The van der Waals surface area contributed by atoms with Crippen LogP contribution in [0.3, 0.4) is 0 Å². The maximum absolute atomic E-state index is 13.3. The molecule has 1 N–H and O–H groups in total. The van der Waals surface area contributed by atoms with Gasteiger partial charge in [0.15, 0.2) is 0 Å². The fraction of sp³-hybridized carbons (Fsp3) is 0.417. The van der Waals surface area contributed by atoms with E-state index < -0.39 is 5.54 Å². The van der Waals surface area contributed by atoms with E-state index >= 15 is 0 Å². The summed E-state index contributed by atoms with van der Waals surface area (Å²) in [5.41, 5.74) is 5.02. The monoisotopic (exact) mass is 497 g/mol. The van der Waals surface area contributed by atoms with Gasteiger partial charge in [-0.25, -0.2) is 14.6 Å². The molecule has 1 aliphatic heterocycles. The molecular formula is C24H28BrN5O2. The number of hydrogen-bond acceptors (Lipinski definition) is 5. The second kappa shape index (κ2) is 9.11. The van der Waals surface area contributed by atoms with Crippen LogP contribution >= 0.6 is 15.9 Å². The van der Waals surface area contributed by atoms with Gasteiger partial charge in [0.05, 0.1) is 17.7 Å². The maximum atomic E-state index is 13.3. The van der Waals surface area contributed by atoms with Crippen molar-refractivity contribution in [1.82, 2.24) is 25.1 Å². The summed E-state index contributed by atoms with van der Waals surface area (Å²) in [5, 5.41) is 7.97. The van der Waals surface area contributed by atoms with Gasteiger partial charge in [0.25, 0.3) is 5.95 Å². The van der Waals surface area contributed by atoms with Crippen molar-refractivity contribution < 1.29 is 9.53 Å². The first kappa shape index (κ1) is 22.6. The summed E-state index contributed by atoms with van der Waals surface area (Å²) in [6.07, 6.45) is 1.73. The topological polar surface area (TPSA) is 81.9 Å². The SMILES string of the molecule is Cc1cc(C)nc(-n2nc(C)c(CC(=O)NC3(c4cccc(Br)c4)CCOCC3)c2C)n1. The fourth-order valence-corrected chi connectivity index (χ4v) is 4.79. The van der Waals surface area contributed by atoms with Crippen LogP contribution in [-0.2, 0) is 21.5 Å². The highest BCUT2D eigenvalue weighted by atomic mass is 79.9. The van der Waals surface area contributed by atoms with E-state index in [-0.39, 0.29) is 12.3 Å². The van der Waals surface area contributed by atoms with Gasteiger partial charge in [0.2, 0.25) is 5.91 Å². The predicted molar refractivity (Wildman–Crippen MR) is 126 cm³/mol. The van der Waals surface area contributed by atoms with E-state index in [1.54, 1.807) is 4.68 Å². The van der Waals surface area contributed by atoms with Crippen LogP contribution in [0.5, 0.6) is 0 Å². The van der Waals surface area contributed by atoms with Crippen LogP contribution in [0, 0.1) is 27.7 Å². The lowest BCUT2D eigenvalue weighted by Gasteiger charge is -2.38. The number of carbonyl (C=O) groups excluding carboxylic acids is 1. The number of nitrogens with one attached hydrogen (secondary N) is 1. The molecule has 8 heteroatoms. The summed E-state index contributed by atoms with van der Waals surface area (Å²) in [4.78, 5) is 22.3. The number of nitrogens with zero attached hydrogens (tertiary/aromatic N) is 4. The largest absolute Gasteiger partial charge is 0.381 e. The van der Waals surface area contributed by atoms with Crippen LogP contribution in [0.1, 0.15) is 46.7 Å². The third-order valence-electron chi connectivity index (χ3n) is 6.04. The summed E-state index contributed by atoms with van der Waals surface area (Å²) in [7, 11) is 0. The number of ether oxygens (including phenoxy) is 1. The Kier molecular flexibility index (Phi) is 6.44. The Labute approximate surface area is 196 Å². The molecule has 0 unspecified atom stereocenters. The Morgan fingerprint density at radius 1 is 1.12 bits per heavy atom. The molecule has 0 atom stereocenters. The number of aryl methyl sites for hydroxylation is 3. The molecule has 1 amide bonds. The van der Waals surface area contributed by atoms with Gasteiger partial charge in [0.1, 0.15) is 0 Å². The van der Waals surface area contributed by atoms with Crippen LogP contribution in [-0.4, -0.2) is 38.9 Å². The van der Waals surface area contributed by atoms with E-state index in [0.717, 1.165) is 51.2 Å². The Bertz CT molecular complexity index is 1130. The van der Waals surface area contributed by atoms with E-state index in [1.807, 2.05) is 45.9 Å². The summed E-state index contributed by atoms with van der Waals surface area (Å²) < 4.78 is 8.33. The van der Waals surface area contributed by atoms with Gasteiger partial charge in [-0.05, 0) is 64.3 Å². The smallest absolute Gasteiger partial charge is 0.251 e. The van der Waals surface area contributed by atoms with E-state index in [1.165, 1.54) is 0 Å². The first-order valence-corrected chi connectivity index (χ1v) is 11.6. The normalized spacial score (nSPS) is 15.5. The minimum Gasteiger partial charge on any atom is -0.381 e. The first-order valence-electron chi connectivity index (χ1n) is 10.8. The molecule has 168 valence electrons. The number of amides is 1. The summed E-state index contributed by atoms with van der Waals surface area (Å²) in [5.74, 6) is 0.503. The van der Waals surface area contributed by atoms with E-state index in [4.69, 9.17) is 4.74 Å². The zero-order chi connectivity index (χ0) is 22.9. The summed E-state index contributed by atoms with van der Waals surface area (Å²) in [6.45, 7) is 9.00. The van der Waals surface area contributed by atoms with Crippen LogP contribution in [0.25, 0.3) is 5.95 Å². The zero-order valence-electron chi connectivity index (χ0n) is 18.9. The minimum absolute atomic E-state index is 0.0287. The van der Waals surface area contributed by atoms with E-state index in [2.05, 4.69) is 48.4 Å². The van der Waals surface area contributed by atoms with Crippen molar-refractivity contribution in [2.24, 2.45) is 0 Å². The summed E-state index contributed by atoms with van der Waals surface area (Å²) in [6, 6.07) is 10.1. The van der Waals surface area contributed by atoms with Gasteiger partial charge in [-0.3, -0.25) is 4.79 Å². The fourth-order valence-electron chi connectivity index (χ4n) is 4.39. The van der Waals surface area contributed by atoms with Gasteiger partial charge < -0.3 is 10.1 Å². The molecule has 3 heterocycles. The molecule has 0 bridgehead atoms. The third-order valence-corrected chi connectivity index (χ3v) is 6.53. The quantitative estimate of drug-likeness (QED) is 0.575. The minimum atomic E-state index is -0.437. The Hall–Kier alpha value is -2.58. The Balaban J connectivity index is 1.60. The van der Waals surface area contributed by atoms with Gasteiger partial charge in [-0.1, -0.05) is 28.1 Å². The van der Waals surface area contributed by atoms with Crippen molar-refractivity contribution in [3.63, 3.8) is 0 Å². The lowest BCUT2D eigenvalue weighted by molar-refractivity contribution is -0.123. The summed E-state index contributed by atoms with van der Waals surface area (Å²) >= 11 is 3.56. The van der Waals surface area contributed by atoms with E-state index in [9.17, 15) is 4.79 Å². The van der Waals surface area contributed by atoms with Crippen molar-refractivity contribution in [2.45, 2.75) is 52.5 Å². The first-order chi connectivity index (χ1) is 15.3. The number of rotatable bonds is 5.